The van der Waals surface area contributed by atoms with Crippen molar-refractivity contribution in [2.45, 2.75) is 38.5 Å². The van der Waals surface area contributed by atoms with Crippen LogP contribution in [0.15, 0.2) is 65.6 Å². The minimum atomic E-state index is -3.72. The lowest BCUT2D eigenvalue weighted by Gasteiger charge is -2.14. The average Bonchev–Trinajstić information content (AvgIpc) is 2.65. The fourth-order valence-electron chi connectivity index (χ4n) is 3.81. The summed E-state index contributed by atoms with van der Waals surface area (Å²) >= 11 is 0. The van der Waals surface area contributed by atoms with Crippen LogP contribution >= 0.6 is 0 Å². The number of rotatable bonds is 7. The Bertz CT molecular complexity index is 1180. The zero-order valence-corrected chi connectivity index (χ0v) is 18.1. The summed E-state index contributed by atoms with van der Waals surface area (Å²) in [6.45, 7) is 5.53. The largest absolute Gasteiger partial charge is 0.478 e. The van der Waals surface area contributed by atoms with Crippen LogP contribution in [0, 0.1) is 20.8 Å². The molecule has 30 heavy (non-hydrogen) atoms. The fourth-order valence-corrected chi connectivity index (χ4v) is 5.32. The molecule has 0 spiro atoms. The number of aryl methyl sites for hydroxylation is 5. The first-order valence-corrected chi connectivity index (χ1v) is 11.2. The van der Waals surface area contributed by atoms with Gasteiger partial charge in [-0.1, -0.05) is 48.0 Å². The molecule has 0 aliphatic rings. The van der Waals surface area contributed by atoms with Gasteiger partial charge in [-0.2, -0.15) is 0 Å². The highest BCUT2D eigenvalue weighted by Gasteiger charge is 2.20. The van der Waals surface area contributed by atoms with E-state index in [1.165, 1.54) is 0 Å². The molecule has 0 atom stereocenters. The number of anilines is 1. The normalized spacial score (nSPS) is 11.3. The second kappa shape index (κ2) is 8.71. The Hall–Kier alpha value is -3.12. The molecule has 3 rings (SSSR count). The highest BCUT2D eigenvalue weighted by Crippen LogP contribution is 2.25. The third kappa shape index (κ3) is 4.89. The smallest absolute Gasteiger partial charge is 0.335 e. The molecule has 3 aromatic rings. The number of carboxylic acid groups (broad SMARTS) is 1. The topological polar surface area (TPSA) is 83.5 Å². The van der Waals surface area contributed by atoms with Gasteiger partial charge >= 0.3 is 5.97 Å². The molecule has 0 heterocycles. The van der Waals surface area contributed by atoms with Gasteiger partial charge in [0.2, 0.25) is 0 Å². The zero-order chi connectivity index (χ0) is 21.9. The molecule has 0 aromatic heterocycles. The maximum absolute atomic E-state index is 13.0. The molecule has 0 aliphatic carbocycles. The van der Waals surface area contributed by atoms with Gasteiger partial charge in [0.1, 0.15) is 0 Å². The molecule has 0 unspecified atom stereocenters. The summed E-state index contributed by atoms with van der Waals surface area (Å²) in [5.74, 6) is -0.948. The van der Waals surface area contributed by atoms with Crippen molar-refractivity contribution in [3.8, 4) is 0 Å². The summed E-state index contributed by atoms with van der Waals surface area (Å²) < 4.78 is 28.7. The average molecular weight is 424 g/mol. The lowest BCUT2D eigenvalue weighted by Crippen LogP contribution is -2.16. The summed E-state index contributed by atoms with van der Waals surface area (Å²) in [6, 6.07) is 17.8. The van der Waals surface area contributed by atoms with E-state index in [4.69, 9.17) is 0 Å². The molecular weight excluding hydrogens is 398 g/mol. The summed E-state index contributed by atoms with van der Waals surface area (Å²) in [5, 5.41) is 9.33. The molecule has 0 amide bonds. The lowest BCUT2D eigenvalue weighted by molar-refractivity contribution is 0.0695. The van der Waals surface area contributed by atoms with E-state index >= 15 is 0 Å². The lowest BCUT2D eigenvalue weighted by atomic mass is 10.00. The molecule has 3 aromatic carbocycles. The molecular formula is C24H25NO4S. The quantitative estimate of drug-likeness (QED) is 0.566. The molecule has 0 radical (unpaired) electrons. The van der Waals surface area contributed by atoms with Crippen molar-refractivity contribution in [2.24, 2.45) is 0 Å². The Morgan fingerprint density at radius 3 is 2.23 bits per heavy atom. The van der Waals surface area contributed by atoms with E-state index in [0.29, 0.717) is 40.1 Å². The number of aromatic carboxylic acids is 1. The molecule has 2 N–H and O–H groups in total. The molecule has 0 aliphatic heterocycles. The van der Waals surface area contributed by atoms with E-state index in [-0.39, 0.29) is 0 Å². The van der Waals surface area contributed by atoms with E-state index in [2.05, 4.69) is 4.72 Å². The number of sulfonamides is 1. The second-order valence-electron chi connectivity index (χ2n) is 7.50. The second-order valence-corrected chi connectivity index (χ2v) is 9.12. The third-order valence-corrected chi connectivity index (χ3v) is 6.67. The van der Waals surface area contributed by atoms with E-state index in [0.717, 1.165) is 16.7 Å². The predicted molar refractivity (Wildman–Crippen MR) is 119 cm³/mol. The van der Waals surface area contributed by atoms with Crippen LogP contribution in [0.5, 0.6) is 0 Å². The molecule has 0 fully saturated rings. The van der Waals surface area contributed by atoms with Gasteiger partial charge in [-0.25, -0.2) is 13.2 Å². The van der Waals surface area contributed by atoms with Crippen molar-refractivity contribution in [3.05, 3.63) is 94.0 Å². The number of nitrogens with one attached hydrogen (secondary N) is 1. The van der Waals surface area contributed by atoms with Crippen LogP contribution in [0.4, 0.5) is 5.69 Å². The van der Waals surface area contributed by atoms with Gasteiger partial charge in [0.05, 0.1) is 10.5 Å². The third-order valence-electron chi connectivity index (χ3n) is 4.98. The SMILES string of the molecule is Cc1cc(C)c(S(=O)(=O)Nc2cccc(CCc3ccccc3C(=O)O)c2)c(C)c1. The van der Waals surface area contributed by atoms with Crippen LogP contribution in [-0.2, 0) is 22.9 Å². The Labute approximate surface area is 177 Å². The van der Waals surface area contributed by atoms with Crippen molar-refractivity contribution in [2.75, 3.05) is 4.72 Å². The molecule has 5 nitrogen and oxygen atoms in total. The van der Waals surface area contributed by atoms with Crippen LogP contribution in [0.2, 0.25) is 0 Å². The summed E-state index contributed by atoms with van der Waals surface area (Å²) in [4.78, 5) is 11.7. The summed E-state index contributed by atoms with van der Waals surface area (Å²) in [7, 11) is -3.72. The maximum atomic E-state index is 13.0. The Kier molecular flexibility index (Phi) is 6.27. The van der Waals surface area contributed by atoms with Gasteiger partial charge < -0.3 is 5.11 Å². The van der Waals surface area contributed by atoms with Crippen molar-refractivity contribution >= 4 is 21.7 Å². The fraction of sp³-hybridized carbons (Fsp3) is 0.208. The maximum Gasteiger partial charge on any atom is 0.335 e. The van der Waals surface area contributed by atoms with Crippen LogP contribution in [0.3, 0.4) is 0 Å². The van der Waals surface area contributed by atoms with E-state index < -0.39 is 16.0 Å². The number of hydrogen-bond donors (Lipinski definition) is 2. The van der Waals surface area contributed by atoms with Gasteiger partial charge in [-0.05, 0) is 74.1 Å². The zero-order valence-electron chi connectivity index (χ0n) is 17.3. The molecule has 156 valence electrons. The van der Waals surface area contributed by atoms with E-state index in [1.807, 2.05) is 31.2 Å². The summed E-state index contributed by atoms with van der Waals surface area (Å²) in [5.41, 5.74) is 4.89. The van der Waals surface area contributed by atoms with Crippen LogP contribution in [-0.4, -0.2) is 19.5 Å². The van der Waals surface area contributed by atoms with Gasteiger partial charge in [-0.3, -0.25) is 4.72 Å². The standard InChI is InChI=1S/C24H25NO4S/c1-16-13-17(2)23(18(3)14-16)30(28,29)25-21-9-6-7-19(15-21)11-12-20-8-4-5-10-22(20)24(26)27/h4-10,13-15,25H,11-12H2,1-3H3,(H,26,27). The van der Waals surface area contributed by atoms with Crippen molar-refractivity contribution < 1.29 is 18.3 Å². The molecule has 0 saturated carbocycles. The summed E-state index contributed by atoms with van der Waals surface area (Å²) in [6.07, 6.45) is 1.15. The van der Waals surface area contributed by atoms with Gasteiger partial charge in [0.25, 0.3) is 10.0 Å². The van der Waals surface area contributed by atoms with Crippen LogP contribution in [0.1, 0.15) is 38.2 Å². The van der Waals surface area contributed by atoms with Crippen LogP contribution < -0.4 is 4.72 Å². The number of hydrogen-bond acceptors (Lipinski definition) is 3. The first-order valence-electron chi connectivity index (χ1n) is 9.68. The van der Waals surface area contributed by atoms with Crippen molar-refractivity contribution in [1.29, 1.82) is 0 Å². The molecule has 0 saturated heterocycles. The number of carbonyl (C=O) groups is 1. The Balaban J connectivity index is 1.80. The predicted octanol–water partition coefficient (Wildman–Crippen LogP) is 4.90. The first kappa shape index (κ1) is 21.6. The Morgan fingerprint density at radius 2 is 1.57 bits per heavy atom. The number of benzene rings is 3. The van der Waals surface area contributed by atoms with E-state index in [9.17, 15) is 18.3 Å². The Morgan fingerprint density at radius 1 is 0.900 bits per heavy atom. The van der Waals surface area contributed by atoms with Gasteiger partial charge in [-0.15, -0.1) is 0 Å². The highest BCUT2D eigenvalue weighted by atomic mass is 32.2. The monoisotopic (exact) mass is 423 g/mol. The first-order chi connectivity index (χ1) is 14.2. The minimum Gasteiger partial charge on any atom is -0.478 e. The van der Waals surface area contributed by atoms with Crippen molar-refractivity contribution in [3.63, 3.8) is 0 Å². The minimum absolute atomic E-state index is 0.291. The van der Waals surface area contributed by atoms with Gasteiger partial charge in [0, 0.05) is 5.69 Å². The highest BCUT2D eigenvalue weighted by molar-refractivity contribution is 7.92. The van der Waals surface area contributed by atoms with Crippen LogP contribution in [0.25, 0.3) is 0 Å². The van der Waals surface area contributed by atoms with Crippen molar-refractivity contribution in [1.82, 2.24) is 0 Å². The molecule has 0 bridgehead atoms. The number of carboxylic acids is 1. The van der Waals surface area contributed by atoms with Gasteiger partial charge in [0.15, 0.2) is 0 Å². The van der Waals surface area contributed by atoms with E-state index in [1.54, 1.807) is 50.2 Å². The molecule has 6 heteroatoms.